The van der Waals surface area contributed by atoms with Gasteiger partial charge in [-0.1, -0.05) is 0 Å². The average Bonchev–Trinajstić information content (AvgIpc) is 3.35. The quantitative estimate of drug-likeness (QED) is 0.536. The molecule has 1 aromatic carbocycles. The van der Waals surface area contributed by atoms with Crippen LogP contribution in [0.3, 0.4) is 0 Å². The summed E-state index contributed by atoms with van der Waals surface area (Å²) in [6.45, 7) is 4.10. The van der Waals surface area contributed by atoms with Crippen LogP contribution in [0.15, 0.2) is 35.2 Å². The smallest absolute Gasteiger partial charge is 0.182 e. The van der Waals surface area contributed by atoms with Crippen molar-refractivity contribution in [1.82, 2.24) is 24.6 Å². The van der Waals surface area contributed by atoms with Crippen molar-refractivity contribution < 1.29 is 9.52 Å². The number of benzene rings is 1. The van der Waals surface area contributed by atoms with Crippen molar-refractivity contribution in [1.29, 1.82) is 5.26 Å². The molecular weight excluding hydrogens is 368 g/mol. The van der Waals surface area contributed by atoms with E-state index in [2.05, 4.69) is 30.7 Å². The second kappa shape index (κ2) is 6.87. The highest BCUT2D eigenvalue weighted by Gasteiger charge is 2.24. The van der Waals surface area contributed by atoms with Gasteiger partial charge in [0.1, 0.15) is 16.8 Å². The van der Waals surface area contributed by atoms with Gasteiger partial charge in [-0.3, -0.25) is 4.90 Å². The number of aromatic nitrogens is 4. The number of hydrogen-bond acceptors (Lipinski definition) is 7. The van der Waals surface area contributed by atoms with Crippen molar-refractivity contribution in [3.63, 3.8) is 0 Å². The number of fused-ring (bicyclic) bond motifs is 2. The number of nitriles is 1. The number of rotatable bonds is 3. The lowest BCUT2D eigenvalue weighted by Gasteiger charge is -2.31. The van der Waals surface area contributed by atoms with Crippen LogP contribution in [0.5, 0.6) is 5.75 Å². The number of phenolic OH excluding ortho intramolecular Hbond substituents is 1. The van der Waals surface area contributed by atoms with E-state index in [9.17, 15) is 5.11 Å². The number of phenols is 1. The zero-order chi connectivity index (χ0) is 20.0. The highest BCUT2D eigenvalue weighted by molar-refractivity contribution is 5.93. The molecular formula is C21H20N6O2. The minimum Gasteiger partial charge on any atom is -0.506 e. The van der Waals surface area contributed by atoms with E-state index in [1.54, 1.807) is 18.7 Å². The summed E-state index contributed by atoms with van der Waals surface area (Å²) >= 11 is 0. The Balaban J connectivity index is 1.54. The van der Waals surface area contributed by atoms with Gasteiger partial charge >= 0.3 is 0 Å². The molecule has 8 heteroatoms. The van der Waals surface area contributed by atoms with Crippen molar-refractivity contribution in [2.24, 2.45) is 0 Å². The van der Waals surface area contributed by atoms with E-state index >= 15 is 0 Å². The summed E-state index contributed by atoms with van der Waals surface area (Å²) in [7, 11) is 0. The molecule has 5 rings (SSSR count). The zero-order valence-electron chi connectivity index (χ0n) is 16.0. The van der Waals surface area contributed by atoms with Crippen LogP contribution in [0.4, 0.5) is 0 Å². The Bertz CT molecular complexity index is 1250. The van der Waals surface area contributed by atoms with Gasteiger partial charge in [0.2, 0.25) is 0 Å². The molecule has 0 unspecified atom stereocenters. The minimum atomic E-state index is 0.140. The normalized spacial score (nSPS) is 17.7. The Morgan fingerprint density at radius 3 is 3.10 bits per heavy atom. The number of aryl methyl sites for hydroxylation is 1. The Hall–Kier alpha value is -3.44. The van der Waals surface area contributed by atoms with E-state index in [1.165, 1.54) is 0 Å². The summed E-state index contributed by atoms with van der Waals surface area (Å²) in [4.78, 5) is 6.70. The molecule has 3 aromatic heterocycles. The van der Waals surface area contributed by atoms with E-state index in [-0.39, 0.29) is 11.8 Å². The molecule has 0 saturated carbocycles. The summed E-state index contributed by atoms with van der Waals surface area (Å²) in [6, 6.07) is 7.95. The number of hydrogen-bond donors (Lipinski definition) is 1. The Morgan fingerprint density at radius 1 is 1.34 bits per heavy atom. The maximum Gasteiger partial charge on any atom is 0.182 e. The third kappa shape index (κ3) is 2.91. The number of nitrogens with zero attached hydrogens (tertiary/aromatic N) is 6. The van der Waals surface area contributed by atoms with Crippen LogP contribution in [-0.4, -0.2) is 49.4 Å². The number of imidazole rings is 1. The van der Waals surface area contributed by atoms with Crippen LogP contribution < -0.4 is 0 Å². The first-order valence-electron chi connectivity index (χ1n) is 9.65. The van der Waals surface area contributed by atoms with Crippen molar-refractivity contribution in [2.45, 2.75) is 25.8 Å². The molecule has 8 nitrogen and oxygen atoms in total. The van der Waals surface area contributed by atoms with E-state index in [0.717, 1.165) is 42.7 Å². The predicted octanol–water partition coefficient (Wildman–Crippen LogP) is 3.41. The Labute approximate surface area is 167 Å². The molecule has 0 bridgehead atoms. The summed E-state index contributed by atoms with van der Waals surface area (Å²) in [5.41, 5.74) is 4.17. The average molecular weight is 388 g/mol. The molecule has 1 aliphatic heterocycles. The van der Waals surface area contributed by atoms with E-state index < -0.39 is 0 Å². The van der Waals surface area contributed by atoms with E-state index in [0.29, 0.717) is 28.8 Å². The van der Waals surface area contributed by atoms with Gasteiger partial charge in [0.15, 0.2) is 5.65 Å². The fourth-order valence-electron chi connectivity index (χ4n) is 4.27. The first-order chi connectivity index (χ1) is 14.2. The van der Waals surface area contributed by atoms with Gasteiger partial charge in [0.25, 0.3) is 0 Å². The third-order valence-electron chi connectivity index (χ3n) is 5.67. The summed E-state index contributed by atoms with van der Waals surface area (Å²) < 4.78 is 7.46. The van der Waals surface area contributed by atoms with Gasteiger partial charge in [-0.2, -0.15) is 5.26 Å². The lowest BCUT2D eigenvalue weighted by molar-refractivity contribution is 0.197. The van der Waals surface area contributed by atoms with Crippen LogP contribution in [0.1, 0.15) is 24.4 Å². The molecule has 29 heavy (non-hydrogen) atoms. The van der Waals surface area contributed by atoms with Gasteiger partial charge in [-0.05, 0) is 50.1 Å². The molecule has 1 saturated heterocycles. The largest absolute Gasteiger partial charge is 0.506 e. The fourth-order valence-corrected chi connectivity index (χ4v) is 4.27. The lowest BCUT2D eigenvalue weighted by atomic mass is 10.0. The molecule has 0 spiro atoms. The van der Waals surface area contributed by atoms with Crippen LogP contribution in [0.2, 0.25) is 0 Å². The number of piperidine rings is 1. The monoisotopic (exact) mass is 388 g/mol. The first-order valence-corrected chi connectivity index (χ1v) is 9.65. The molecule has 0 amide bonds. The molecule has 1 N–H and O–H groups in total. The standard InChI is InChI=1S/C21H20N6O2/c1-13-9-18-15(4-8-29-18)20(28)19(13)16-10-17-21(25-24-16)27(12-23-17)14-3-2-6-26(11-14)7-5-22/h4,8-10,12,14,28H,2-3,6-7,11H2,1H3/t14-/m1/s1. The van der Waals surface area contributed by atoms with Crippen molar-refractivity contribution in [2.75, 3.05) is 19.6 Å². The molecule has 4 heterocycles. The summed E-state index contributed by atoms with van der Waals surface area (Å²) in [6.07, 6.45) is 5.42. The van der Waals surface area contributed by atoms with Gasteiger partial charge < -0.3 is 14.1 Å². The molecule has 0 aliphatic carbocycles. The topological polar surface area (TPSA) is 104 Å². The molecule has 1 fully saturated rings. The van der Waals surface area contributed by atoms with Gasteiger partial charge in [-0.25, -0.2) is 4.98 Å². The Morgan fingerprint density at radius 2 is 2.24 bits per heavy atom. The number of likely N-dealkylation sites (tertiary alicyclic amines) is 1. The second-order valence-electron chi connectivity index (χ2n) is 7.53. The van der Waals surface area contributed by atoms with Gasteiger partial charge in [0, 0.05) is 18.2 Å². The molecule has 0 radical (unpaired) electrons. The molecule has 1 atom stereocenters. The predicted molar refractivity (Wildman–Crippen MR) is 107 cm³/mol. The summed E-state index contributed by atoms with van der Waals surface area (Å²) in [5, 5.41) is 29.2. The third-order valence-corrected chi connectivity index (χ3v) is 5.67. The van der Waals surface area contributed by atoms with E-state index in [4.69, 9.17) is 9.68 Å². The summed E-state index contributed by atoms with van der Waals surface area (Å²) in [5.74, 6) is 0.140. The van der Waals surface area contributed by atoms with Crippen molar-refractivity contribution in [3.8, 4) is 23.1 Å². The molecule has 1 aliphatic rings. The fraction of sp³-hybridized carbons (Fsp3) is 0.333. The van der Waals surface area contributed by atoms with Crippen LogP contribution in [0.25, 0.3) is 33.4 Å². The Kier molecular flexibility index (Phi) is 4.18. The molecule has 4 aromatic rings. The number of aromatic hydroxyl groups is 1. The van der Waals surface area contributed by atoms with Crippen molar-refractivity contribution in [3.05, 3.63) is 36.4 Å². The van der Waals surface area contributed by atoms with Gasteiger partial charge in [0.05, 0.1) is 36.3 Å². The highest BCUT2D eigenvalue weighted by Crippen LogP contribution is 2.39. The van der Waals surface area contributed by atoms with Crippen LogP contribution >= 0.6 is 0 Å². The highest BCUT2D eigenvalue weighted by atomic mass is 16.3. The second-order valence-corrected chi connectivity index (χ2v) is 7.53. The number of furan rings is 1. The van der Waals surface area contributed by atoms with Crippen molar-refractivity contribution >= 4 is 22.1 Å². The maximum absolute atomic E-state index is 10.7. The van der Waals surface area contributed by atoms with Crippen LogP contribution in [0, 0.1) is 18.3 Å². The van der Waals surface area contributed by atoms with Gasteiger partial charge in [-0.15, -0.1) is 10.2 Å². The SMILES string of the molecule is Cc1cc2occc2c(O)c1-c1cc2ncn([C@@H]3CCCN(CC#N)C3)c2nn1. The lowest BCUT2D eigenvalue weighted by Crippen LogP contribution is -2.36. The van der Waals surface area contributed by atoms with E-state index in [1.807, 2.05) is 19.1 Å². The zero-order valence-corrected chi connectivity index (χ0v) is 16.0. The first kappa shape index (κ1) is 17.6. The maximum atomic E-state index is 10.7. The minimum absolute atomic E-state index is 0.140. The molecule has 146 valence electrons. The van der Waals surface area contributed by atoms with Crippen LogP contribution in [-0.2, 0) is 0 Å².